The van der Waals surface area contributed by atoms with Gasteiger partial charge in [-0.2, -0.15) is 0 Å². The van der Waals surface area contributed by atoms with Crippen LogP contribution in [0.25, 0.3) is 0 Å². The monoisotopic (exact) mass is 219 g/mol. The van der Waals surface area contributed by atoms with Crippen LogP contribution in [-0.2, 0) is 4.79 Å². The van der Waals surface area contributed by atoms with Crippen LogP contribution in [0.3, 0.4) is 0 Å². The van der Waals surface area contributed by atoms with Gasteiger partial charge in [-0.3, -0.25) is 4.79 Å². The van der Waals surface area contributed by atoms with E-state index in [9.17, 15) is 4.79 Å². The molecule has 1 rings (SSSR count). The van der Waals surface area contributed by atoms with Gasteiger partial charge in [-0.15, -0.1) is 0 Å². The standard InChI is InChI=1S/C14H21NO/c1-5-13(15-14(16)6-2)12-8-7-10(3)11(4)9-12/h7-9,13H,5-6H2,1-4H3,(H,15,16)/t13-/m1/s1. The van der Waals surface area contributed by atoms with Crippen molar-refractivity contribution in [3.8, 4) is 0 Å². The van der Waals surface area contributed by atoms with Crippen LogP contribution in [-0.4, -0.2) is 5.91 Å². The Balaban J connectivity index is 2.86. The van der Waals surface area contributed by atoms with E-state index in [1.54, 1.807) is 0 Å². The Bertz CT molecular complexity index is 371. The molecule has 16 heavy (non-hydrogen) atoms. The topological polar surface area (TPSA) is 29.1 Å². The first-order chi connectivity index (χ1) is 7.58. The van der Waals surface area contributed by atoms with Gasteiger partial charge in [0.05, 0.1) is 6.04 Å². The van der Waals surface area contributed by atoms with Gasteiger partial charge in [-0.05, 0) is 37.0 Å². The third kappa shape index (κ3) is 3.09. The Morgan fingerprint density at radius 2 is 1.94 bits per heavy atom. The second-order valence-electron chi connectivity index (χ2n) is 4.23. The van der Waals surface area contributed by atoms with Gasteiger partial charge in [0.1, 0.15) is 0 Å². The number of rotatable bonds is 4. The summed E-state index contributed by atoms with van der Waals surface area (Å²) in [4.78, 5) is 11.4. The number of nitrogens with one attached hydrogen (secondary N) is 1. The van der Waals surface area contributed by atoms with Crippen molar-refractivity contribution in [2.24, 2.45) is 0 Å². The van der Waals surface area contributed by atoms with Crippen LogP contribution >= 0.6 is 0 Å². The summed E-state index contributed by atoms with van der Waals surface area (Å²) in [6, 6.07) is 6.53. The quantitative estimate of drug-likeness (QED) is 0.827. The summed E-state index contributed by atoms with van der Waals surface area (Å²) in [7, 11) is 0. The minimum absolute atomic E-state index is 0.116. The van der Waals surface area contributed by atoms with Crippen LogP contribution in [0.1, 0.15) is 49.4 Å². The number of hydrogen-bond donors (Lipinski definition) is 1. The normalized spacial score (nSPS) is 12.2. The van der Waals surface area contributed by atoms with Gasteiger partial charge in [0.15, 0.2) is 0 Å². The molecule has 1 N–H and O–H groups in total. The van der Waals surface area contributed by atoms with Crippen LogP contribution in [0.4, 0.5) is 0 Å². The van der Waals surface area contributed by atoms with Crippen LogP contribution in [0.2, 0.25) is 0 Å². The predicted octanol–water partition coefficient (Wildman–Crippen LogP) is 3.28. The lowest BCUT2D eigenvalue weighted by Gasteiger charge is -2.18. The molecular formula is C14H21NO. The fourth-order valence-corrected chi connectivity index (χ4v) is 1.70. The zero-order valence-corrected chi connectivity index (χ0v) is 10.6. The van der Waals surface area contributed by atoms with Gasteiger partial charge < -0.3 is 5.32 Å². The van der Waals surface area contributed by atoms with Crippen molar-refractivity contribution in [2.75, 3.05) is 0 Å². The van der Waals surface area contributed by atoms with E-state index >= 15 is 0 Å². The fraction of sp³-hybridized carbons (Fsp3) is 0.500. The first kappa shape index (κ1) is 12.8. The Hall–Kier alpha value is -1.31. The van der Waals surface area contributed by atoms with Gasteiger partial charge in [-0.1, -0.05) is 32.0 Å². The molecule has 0 aliphatic heterocycles. The number of carbonyl (C=O) groups is 1. The summed E-state index contributed by atoms with van der Waals surface area (Å²) in [6.45, 7) is 8.18. The molecule has 2 heteroatoms. The number of aryl methyl sites for hydroxylation is 2. The lowest BCUT2D eigenvalue weighted by atomic mass is 9.99. The van der Waals surface area contributed by atoms with E-state index in [1.807, 2.05) is 6.92 Å². The molecule has 1 aromatic rings. The molecule has 0 aliphatic rings. The maximum Gasteiger partial charge on any atom is 0.220 e. The Kier molecular flexibility index (Phi) is 4.53. The molecule has 0 heterocycles. The molecule has 0 fully saturated rings. The van der Waals surface area contributed by atoms with Crippen molar-refractivity contribution in [3.63, 3.8) is 0 Å². The molecule has 2 nitrogen and oxygen atoms in total. The number of carbonyl (C=O) groups excluding carboxylic acids is 1. The van der Waals surface area contributed by atoms with E-state index in [4.69, 9.17) is 0 Å². The lowest BCUT2D eigenvalue weighted by Crippen LogP contribution is -2.27. The van der Waals surface area contributed by atoms with E-state index in [0.29, 0.717) is 6.42 Å². The third-order valence-corrected chi connectivity index (χ3v) is 3.00. The van der Waals surface area contributed by atoms with Crippen molar-refractivity contribution in [1.29, 1.82) is 0 Å². The average Bonchev–Trinajstić information content (AvgIpc) is 2.29. The molecule has 0 saturated heterocycles. The molecule has 0 aliphatic carbocycles. The van der Waals surface area contributed by atoms with Crippen molar-refractivity contribution >= 4 is 5.91 Å². The lowest BCUT2D eigenvalue weighted by molar-refractivity contribution is -0.121. The molecular weight excluding hydrogens is 198 g/mol. The molecule has 0 saturated carbocycles. The van der Waals surface area contributed by atoms with Gasteiger partial charge in [0.25, 0.3) is 0 Å². The first-order valence-corrected chi connectivity index (χ1v) is 5.95. The second kappa shape index (κ2) is 5.69. The predicted molar refractivity (Wildman–Crippen MR) is 67.4 cm³/mol. The molecule has 0 unspecified atom stereocenters. The van der Waals surface area contributed by atoms with E-state index in [-0.39, 0.29) is 11.9 Å². The molecule has 0 bridgehead atoms. The van der Waals surface area contributed by atoms with Crippen LogP contribution in [0, 0.1) is 13.8 Å². The molecule has 0 aromatic heterocycles. The fourth-order valence-electron chi connectivity index (χ4n) is 1.70. The molecule has 0 radical (unpaired) electrons. The SMILES string of the molecule is CCC(=O)N[C@H](CC)c1ccc(C)c(C)c1. The highest BCUT2D eigenvalue weighted by molar-refractivity contribution is 5.76. The third-order valence-electron chi connectivity index (χ3n) is 3.00. The van der Waals surface area contributed by atoms with E-state index in [0.717, 1.165) is 6.42 Å². The van der Waals surface area contributed by atoms with Gasteiger partial charge in [0, 0.05) is 6.42 Å². The number of benzene rings is 1. The molecule has 1 amide bonds. The Labute approximate surface area is 98.1 Å². The summed E-state index contributed by atoms with van der Waals surface area (Å²) in [5.74, 6) is 0.116. The zero-order valence-electron chi connectivity index (χ0n) is 10.6. The highest BCUT2D eigenvalue weighted by atomic mass is 16.1. The van der Waals surface area contributed by atoms with Crippen molar-refractivity contribution < 1.29 is 4.79 Å². The summed E-state index contributed by atoms with van der Waals surface area (Å²) in [5.41, 5.74) is 3.77. The smallest absolute Gasteiger partial charge is 0.220 e. The Morgan fingerprint density at radius 3 is 2.44 bits per heavy atom. The number of hydrogen-bond acceptors (Lipinski definition) is 1. The molecule has 1 atom stereocenters. The Morgan fingerprint density at radius 1 is 1.25 bits per heavy atom. The van der Waals surface area contributed by atoms with Crippen LogP contribution in [0.5, 0.6) is 0 Å². The van der Waals surface area contributed by atoms with Crippen molar-refractivity contribution in [1.82, 2.24) is 5.32 Å². The average molecular weight is 219 g/mol. The molecule has 1 aromatic carbocycles. The summed E-state index contributed by atoms with van der Waals surface area (Å²) < 4.78 is 0. The summed E-state index contributed by atoms with van der Waals surface area (Å²) in [6.07, 6.45) is 1.47. The van der Waals surface area contributed by atoms with E-state index in [2.05, 4.69) is 44.3 Å². The molecule has 88 valence electrons. The highest BCUT2D eigenvalue weighted by Gasteiger charge is 2.11. The second-order valence-corrected chi connectivity index (χ2v) is 4.23. The summed E-state index contributed by atoms with van der Waals surface area (Å²) >= 11 is 0. The zero-order chi connectivity index (χ0) is 12.1. The van der Waals surface area contributed by atoms with Gasteiger partial charge in [-0.25, -0.2) is 0 Å². The van der Waals surface area contributed by atoms with Gasteiger partial charge in [0.2, 0.25) is 5.91 Å². The first-order valence-electron chi connectivity index (χ1n) is 5.95. The maximum atomic E-state index is 11.4. The number of amides is 1. The summed E-state index contributed by atoms with van der Waals surface area (Å²) in [5, 5.41) is 3.04. The van der Waals surface area contributed by atoms with E-state index < -0.39 is 0 Å². The minimum Gasteiger partial charge on any atom is -0.349 e. The van der Waals surface area contributed by atoms with Gasteiger partial charge >= 0.3 is 0 Å². The largest absolute Gasteiger partial charge is 0.349 e. The van der Waals surface area contributed by atoms with Crippen LogP contribution in [0.15, 0.2) is 18.2 Å². The van der Waals surface area contributed by atoms with Crippen molar-refractivity contribution in [3.05, 3.63) is 34.9 Å². The van der Waals surface area contributed by atoms with E-state index in [1.165, 1.54) is 16.7 Å². The molecule has 0 spiro atoms. The highest BCUT2D eigenvalue weighted by Crippen LogP contribution is 2.19. The minimum atomic E-state index is 0.116. The maximum absolute atomic E-state index is 11.4. The van der Waals surface area contributed by atoms with Crippen molar-refractivity contribution in [2.45, 2.75) is 46.6 Å². The van der Waals surface area contributed by atoms with Crippen LogP contribution < -0.4 is 5.32 Å².